The molecule has 0 radical (unpaired) electrons. The molecule has 0 aliphatic carbocycles. The number of para-hydroxylation sites is 1. The Labute approximate surface area is 156 Å². The lowest BCUT2D eigenvalue weighted by Gasteiger charge is -2.22. The van der Waals surface area contributed by atoms with Gasteiger partial charge in [-0.25, -0.2) is 10.4 Å². The number of hydrogen-bond acceptors (Lipinski definition) is 4. The molecular formula is C21H18FN5. The highest BCUT2D eigenvalue weighted by atomic mass is 19.1. The van der Waals surface area contributed by atoms with Gasteiger partial charge in [0.05, 0.1) is 29.1 Å². The Balaban J connectivity index is 1.69. The van der Waals surface area contributed by atoms with Gasteiger partial charge in [0.2, 0.25) is 5.95 Å². The number of anilines is 2. The van der Waals surface area contributed by atoms with Gasteiger partial charge in [-0.1, -0.05) is 30.3 Å². The summed E-state index contributed by atoms with van der Waals surface area (Å²) in [7, 11) is 1.93. The molecule has 1 atom stereocenters. The Morgan fingerprint density at radius 2 is 1.85 bits per heavy atom. The highest BCUT2D eigenvalue weighted by Gasteiger charge is 2.32. The zero-order valence-electron chi connectivity index (χ0n) is 15.0. The third-order valence-electron chi connectivity index (χ3n) is 5.04. The first kappa shape index (κ1) is 16.0. The largest absolute Gasteiger partial charge is 0.275 e. The second-order valence-corrected chi connectivity index (χ2v) is 6.83. The minimum absolute atomic E-state index is 0.0298. The Morgan fingerprint density at radius 3 is 2.67 bits per heavy atom. The molecule has 0 fully saturated rings. The number of pyridine rings is 1. The molecule has 27 heavy (non-hydrogen) atoms. The van der Waals surface area contributed by atoms with Gasteiger partial charge in [-0.15, -0.1) is 0 Å². The van der Waals surface area contributed by atoms with E-state index in [-0.39, 0.29) is 6.04 Å². The van der Waals surface area contributed by atoms with E-state index in [2.05, 4.69) is 46.7 Å². The molecule has 5 rings (SSSR count). The maximum absolute atomic E-state index is 13.3. The van der Waals surface area contributed by atoms with E-state index < -0.39 is 5.95 Å². The summed E-state index contributed by atoms with van der Waals surface area (Å²) in [4.78, 5) is 3.82. The van der Waals surface area contributed by atoms with E-state index in [1.807, 2.05) is 35.1 Å². The standard InChI is InChI=1S/C21H18FN5/c1-13-5-3-7-16-20(15-6-4-8-18-17(15)12-26(2)24-18)25-27(21(13)16)14-9-10-19(22)23-11-14/h3-12,20,25H,1-2H3. The summed E-state index contributed by atoms with van der Waals surface area (Å²) >= 11 is 0. The summed E-state index contributed by atoms with van der Waals surface area (Å²) in [5.41, 5.74) is 9.91. The van der Waals surface area contributed by atoms with E-state index in [1.165, 1.54) is 11.6 Å². The number of aryl methyl sites for hydroxylation is 2. The van der Waals surface area contributed by atoms with E-state index in [1.54, 1.807) is 12.3 Å². The Hall–Kier alpha value is -3.25. The first-order valence-corrected chi connectivity index (χ1v) is 8.81. The number of fused-ring (bicyclic) bond motifs is 2. The normalized spacial score (nSPS) is 16.1. The number of aromatic nitrogens is 3. The minimum atomic E-state index is -0.486. The van der Waals surface area contributed by atoms with Crippen molar-refractivity contribution >= 4 is 22.3 Å². The van der Waals surface area contributed by atoms with Crippen molar-refractivity contribution in [2.45, 2.75) is 13.0 Å². The molecule has 0 saturated heterocycles. The van der Waals surface area contributed by atoms with E-state index in [0.29, 0.717) is 0 Å². The van der Waals surface area contributed by atoms with Gasteiger partial charge < -0.3 is 0 Å². The molecule has 1 aliphatic rings. The number of nitrogens with zero attached hydrogens (tertiary/aromatic N) is 4. The van der Waals surface area contributed by atoms with Crippen molar-refractivity contribution < 1.29 is 4.39 Å². The van der Waals surface area contributed by atoms with Crippen molar-refractivity contribution in [3.05, 3.63) is 83.6 Å². The number of hydrogen-bond donors (Lipinski definition) is 1. The lowest BCUT2D eigenvalue weighted by atomic mass is 9.95. The van der Waals surface area contributed by atoms with Gasteiger partial charge >= 0.3 is 0 Å². The molecule has 0 saturated carbocycles. The molecular weight excluding hydrogens is 341 g/mol. The smallest absolute Gasteiger partial charge is 0.212 e. The van der Waals surface area contributed by atoms with Crippen LogP contribution in [0.3, 0.4) is 0 Å². The number of hydrazine groups is 1. The van der Waals surface area contributed by atoms with Crippen molar-refractivity contribution in [3.63, 3.8) is 0 Å². The fraction of sp³-hybridized carbons (Fsp3) is 0.143. The van der Waals surface area contributed by atoms with E-state index >= 15 is 0 Å². The van der Waals surface area contributed by atoms with E-state index in [4.69, 9.17) is 0 Å². The van der Waals surface area contributed by atoms with Crippen molar-refractivity contribution in [3.8, 4) is 0 Å². The van der Waals surface area contributed by atoms with Gasteiger partial charge in [-0.05, 0) is 36.2 Å². The molecule has 1 aliphatic heterocycles. The van der Waals surface area contributed by atoms with Crippen LogP contribution in [0.15, 0.2) is 60.9 Å². The van der Waals surface area contributed by atoms with Crippen LogP contribution in [0, 0.1) is 12.9 Å². The van der Waals surface area contributed by atoms with Gasteiger partial charge in [0.1, 0.15) is 0 Å². The number of halogens is 1. The summed E-state index contributed by atoms with van der Waals surface area (Å²) in [6.45, 7) is 2.08. The van der Waals surface area contributed by atoms with Crippen LogP contribution in [0.4, 0.5) is 15.8 Å². The third kappa shape index (κ3) is 2.49. The lowest BCUT2D eigenvalue weighted by Crippen LogP contribution is -2.31. The van der Waals surface area contributed by atoms with Crippen LogP contribution in [0.25, 0.3) is 10.9 Å². The molecule has 0 bridgehead atoms. The maximum Gasteiger partial charge on any atom is 0.212 e. The molecule has 1 unspecified atom stereocenters. The summed E-state index contributed by atoms with van der Waals surface area (Å²) in [5, 5.41) is 7.64. The topological polar surface area (TPSA) is 46.0 Å². The van der Waals surface area contributed by atoms with Gasteiger partial charge in [-0.3, -0.25) is 9.69 Å². The van der Waals surface area contributed by atoms with Crippen LogP contribution < -0.4 is 10.4 Å². The predicted octanol–water partition coefficient (Wildman–Crippen LogP) is 4.16. The van der Waals surface area contributed by atoms with Crippen molar-refractivity contribution in [1.82, 2.24) is 20.2 Å². The lowest BCUT2D eigenvalue weighted by molar-refractivity contribution is 0.582. The Morgan fingerprint density at radius 1 is 1.04 bits per heavy atom. The fourth-order valence-electron chi connectivity index (χ4n) is 3.86. The summed E-state index contributed by atoms with van der Waals surface area (Å²) in [5.74, 6) is -0.486. The van der Waals surface area contributed by atoms with Crippen molar-refractivity contribution in [2.75, 3.05) is 5.01 Å². The average Bonchev–Trinajstić information content (AvgIpc) is 3.23. The fourth-order valence-corrected chi connectivity index (χ4v) is 3.86. The van der Waals surface area contributed by atoms with Gasteiger partial charge in [0.25, 0.3) is 0 Å². The second kappa shape index (κ2) is 5.89. The third-order valence-corrected chi connectivity index (χ3v) is 5.04. The molecule has 134 valence electrons. The molecule has 1 N–H and O–H groups in total. The van der Waals surface area contributed by atoms with E-state index in [9.17, 15) is 4.39 Å². The quantitative estimate of drug-likeness (QED) is 0.546. The van der Waals surface area contributed by atoms with Crippen LogP contribution in [0.1, 0.15) is 22.7 Å². The first-order chi connectivity index (χ1) is 13.1. The van der Waals surface area contributed by atoms with Crippen LogP contribution >= 0.6 is 0 Å². The van der Waals surface area contributed by atoms with Crippen LogP contribution in [0.5, 0.6) is 0 Å². The Kier molecular flexibility index (Phi) is 3.48. The molecule has 5 nitrogen and oxygen atoms in total. The zero-order chi connectivity index (χ0) is 18.5. The monoisotopic (exact) mass is 359 g/mol. The molecule has 0 spiro atoms. The molecule has 6 heteroatoms. The van der Waals surface area contributed by atoms with Gasteiger partial charge in [0.15, 0.2) is 0 Å². The number of benzene rings is 2. The predicted molar refractivity (Wildman–Crippen MR) is 103 cm³/mol. The zero-order valence-corrected chi connectivity index (χ0v) is 15.0. The highest BCUT2D eigenvalue weighted by molar-refractivity contribution is 5.84. The number of nitrogens with one attached hydrogen (secondary N) is 1. The summed E-state index contributed by atoms with van der Waals surface area (Å²) in [6, 6.07) is 15.5. The molecule has 2 aromatic heterocycles. The maximum atomic E-state index is 13.3. The average molecular weight is 359 g/mol. The SMILES string of the molecule is Cc1cccc2c1N(c1ccc(F)nc1)NC2c1cccc2nn(C)cc12. The Bertz CT molecular complexity index is 1150. The van der Waals surface area contributed by atoms with E-state index in [0.717, 1.165) is 33.4 Å². The summed E-state index contributed by atoms with van der Waals surface area (Å²) < 4.78 is 15.1. The highest BCUT2D eigenvalue weighted by Crippen LogP contribution is 2.43. The molecule has 3 heterocycles. The number of rotatable bonds is 2. The molecule has 0 amide bonds. The van der Waals surface area contributed by atoms with Crippen molar-refractivity contribution in [2.24, 2.45) is 7.05 Å². The van der Waals surface area contributed by atoms with Gasteiger partial charge in [-0.2, -0.15) is 9.49 Å². The second-order valence-electron chi connectivity index (χ2n) is 6.83. The molecule has 2 aromatic carbocycles. The van der Waals surface area contributed by atoms with Crippen molar-refractivity contribution in [1.29, 1.82) is 0 Å². The van der Waals surface area contributed by atoms with Crippen LogP contribution in [-0.4, -0.2) is 14.8 Å². The first-order valence-electron chi connectivity index (χ1n) is 8.81. The summed E-state index contributed by atoms with van der Waals surface area (Å²) in [6.07, 6.45) is 3.59. The molecule has 4 aromatic rings. The minimum Gasteiger partial charge on any atom is -0.275 e. The van der Waals surface area contributed by atoms with Crippen LogP contribution in [-0.2, 0) is 7.05 Å². The van der Waals surface area contributed by atoms with Gasteiger partial charge in [0, 0.05) is 24.2 Å². The van der Waals surface area contributed by atoms with Crippen LogP contribution in [0.2, 0.25) is 0 Å².